The fourth-order valence-electron chi connectivity index (χ4n) is 2.61. The summed E-state index contributed by atoms with van der Waals surface area (Å²) < 4.78 is 2.39. The second-order valence-corrected chi connectivity index (χ2v) is 6.23. The molecule has 0 aliphatic heterocycles. The first-order valence-corrected chi connectivity index (χ1v) is 8.55. The van der Waals surface area contributed by atoms with Crippen LogP contribution in [0.1, 0.15) is 11.4 Å². The Morgan fingerprint density at radius 2 is 1.80 bits per heavy atom. The third kappa shape index (κ3) is 4.42. The Labute approximate surface area is 151 Å². The lowest BCUT2D eigenvalue weighted by Crippen LogP contribution is -2.27. The van der Waals surface area contributed by atoms with Gasteiger partial charge in [0.1, 0.15) is 5.82 Å². The zero-order valence-electron chi connectivity index (χ0n) is 14.0. The van der Waals surface area contributed by atoms with Crippen LogP contribution in [0.5, 0.6) is 0 Å². The Balaban J connectivity index is 1.51. The molecule has 0 spiro atoms. The second-order valence-electron chi connectivity index (χ2n) is 5.84. The Hall–Kier alpha value is -2.73. The Kier molecular flexibility index (Phi) is 5.40. The van der Waals surface area contributed by atoms with Gasteiger partial charge in [-0.15, -0.1) is 0 Å². The van der Waals surface area contributed by atoms with E-state index < -0.39 is 0 Å². The van der Waals surface area contributed by atoms with E-state index in [4.69, 9.17) is 12.2 Å². The quantitative estimate of drug-likeness (QED) is 0.670. The topological polar surface area (TPSA) is 62.7 Å². The summed E-state index contributed by atoms with van der Waals surface area (Å²) in [5.41, 5.74) is 3.32. The fourth-order valence-corrected chi connectivity index (χ4v) is 2.76. The van der Waals surface area contributed by atoms with Crippen LogP contribution >= 0.6 is 12.2 Å². The van der Waals surface area contributed by atoms with Crippen molar-refractivity contribution in [2.75, 3.05) is 6.54 Å². The van der Waals surface area contributed by atoms with Crippen LogP contribution < -0.4 is 5.32 Å². The minimum absolute atomic E-state index is 0.00393. The minimum atomic E-state index is 0.00393. The van der Waals surface area contributed by atoms with E-state index in [1.54, 1.807) is 0 Å². The van der Waals surface area contributed by atoms with Gasteiger partial charge in [0.2, 0.25) is 5.91 Å². The van der Waals surface area contributed by atoms with E-state index in [0.29, 0.717) is 24.2 Å². The highest BCUT2D eigenvalue weighted by molar-refractivity contribution is 7.71. The largest absolute Gasteiger partial charge is 0.355 e. The molecule has 5 nitrogen and oxygen atoms in total. The van der Waals surface area contributed by atoms with Gasteiger partial charge in [0.15, 0.2) is 4.77 Å². The summed E-state index contributed by atoms with van der Waals surface area (Å²) in [6, 6.07) is 18.3. The SMILES string of the molecule is Cn1c(CCNC(=O)Cc2ccc(-c3ccccc3)cc2)n[nH]c1=S. The lowest BCUT2D eigenvalue weighted by Gasteiger charge is -2.06. The molecular formula is C19H20N4OS. The first-order chi connectivity index (χ1) is 12.1. The number of hydrogen-bond acceptors (Lipinski definition) is 3. The van der Waals surface area contributed by atoms with E-state index in [1.807, 2.05) is 54.1 Å². The Morgan fingerprint density at radius 1 is 1.12 bits per heavy atom. The van der Waals surface area contributed by atoms with Crippen LogP contribution in [-0.2, 0) is 24.7 Å². The van der Waals surface area contributed by atoms with Crippen molar-refractivity contribution in [3.63, 3.8) is 0 Å². The van der Waals surface area contributed by atoms with Gasteiger partial charge in [-0.1, -0.05) is 54.6 Å². The molecule has 0 saturated carbocycles. The van der Waals surface area contributed by atoms with Crippen LogP contribution in [0.2, 0.25) is 0 Å². The lowest BCUT2D eigenvalue weighted by molar-refractivity contribution is -0.120. The van der Waals surface area contributed by atoms with E-state index in [0.717, 1.165) is 17.0 Å². The van der Waals surface area contributed by atoms with E-state index in [9.17, 15) is 4.79 Å². The standard InChI is InChI=1S/C19H20N4OS/c1-23-17(21-22-19(23)25)11-12-20-18(24)13-14-7-9-16(10-8-14)15-5-3-2-4-6-15/h2-10H,11-13H2,1H3,(H,20,24)(H,22,25). The molecule has 2 N–H and O–H groups in total. The van der Waals surface area contributed by atoms with Crippen molar-refractivity contribution in [2.45, 2.75) is 12.8 Å². The summed E-state index contributed by atoms with van der Waals surface area (Å²) in [5.74, 6) is 0.835. The molecule has 1 aromatic heterocycles. The van der Waals surface area contributed by atoms with Gasteiger partial charge in [-0.25, -0.2) is 0 Å². The van der Waals surface area contributed by atoms with Crippen LogP contribution in [0.15, 0.2) is 54.6 Å². The van der Waals surface area contributed by atoms with Gasteiger partial charge >= 0.3 is 0 Å². The van der Waals surface area contributed by atoms with Gasteiger partial charge in [-0.05, 0) is 28.9 Å². The summed E-state index contributed by atoms with van der Waals surface area (Å²) in [4.78, 5) is 12.1. The van der Waals surface area contributed by atoms with E-state index in [2.05, 4.69) is 27.6 Å². The van der Waals surface area contributed by atoms with Crippen molar-refractivity contribution >= 4 is 18.1 Å². The number of hydrogen-bond donors (Lipinski definition) is 2. The summed E-state index contributed by atoms with van der Waals surface area (Å²) in [5, 5.41) is 9.79. The highest BCUT2D eigenvalue weighted by Gasteiger charge is 2.06. The van der Waals surface area contributed by atoms with Gasteiger partial charge in [0.05, 0.1) is 6.42 Å². The molecule has 0 radical (unpaired) electrons. The van der Waals surface area contributed by atoms with Crippen LogP contribution in [0.25, 0.3) is 11.1 Å². The lowest BCUT2D eigenvalue weighted by atomic mass is 10.0. The molecule has 0 saturated heterocycles. The highest BCUT2D eigenvalue weighted by atomic mass is 32.1. The maximum absolute atomic E-state index is 12.1. The summed E-state index contributed by atoms with van der Waals surface area (Å²) in [7, 11) is 1.86. The first-order valence-electron chi connectivity index (χ1n) is 8.15. The molecule has 128 valence electrons. The number of amides is 1. The summed E-state index contributed by atoms with van der Waals surface area (Å²) in [6.45, 7) is 0.536. The van der Waals surface area contributed by atoms with Gasteiger partial charge in [0, 0.05) is 20.0 Å². The zero-order chi connectivity index (χ0) is 17.6. The predicted octanol–water partition coefficient (Wildman–Crippen LogP) is 3.05. The third-order valence-electron chi connectivity index (χ3n) is 4.07. The second kappa shape index (κ2) is 7.90. The number of nitrogens with zero attached hydrogens (tertiary/aromatic N) is 2. The molecule has 3 aromatic rings. The molecule has 25 heavy (non-hydrogen) atoms. The van der Waals surface area contributed by atoms with Crippen LogP contribution in [-0.4, -0.2) is 27.2 Å². The number of aromatic amines is 1. The van der Waals surface area contributed by atoms with Crippen LogP contribution in [0.4, 0.5) is 0 Å². The van der Waals surface area contributed by atoms with Crippen molar-refractivity contribution < 1.29 is 4.79 Å². The number of H-pyrrole nitrogens is 1. The van der Waals surface area contributed by atoms with Crippen LogP contribution in [0.3, 0.4) is 0 Å². The van der Waals surface area contributed by atoms with Gasteiger partial charge < -0.3 is 9.88 Å². The first kappa shape index (κ1) is 17.1. The number of carbonyl (C=O) groups excluding carboxylic acids is 1. The monoisotopic (exact) mass is 352 g/mol. The van der Waals surface area contributed by atoms with E-state index in [-0.39, 0.29) is 5.91 Å². The van der Waals surface area contributed by atoms with Crippen molar-refractivity contribution in [3.8, 4) is 11.1 Å². The molecular weight excluding hydrogens is 332 g/mol. The molecule has 0 unspecified atom stereocenters. The molecule has 6 heteroatoms. The maximum atomic E-state index is 12.1. The molecule has 2 aromatic carbocycles. The van der Waals surface area contributed by atoms with Crippen molar-refractivity contribution in [1.29, 1.82) is 0 Å². The molecule has 1 amide bonds. The molecule has 3 rings (SSSR count). The number of nitrogens with one attached hydrogen (secondary N) is 2. The minimum Gasteiger partial charge on any atom is -0.355 e. The molecule has 0 atom stereocenters. The van der Waals surface area contributed by atoms with Crippen molar-refractivity contribution in [1.82, 2.24) is 20.1 Å². The molecule has 0 fully saturated rings. The van der Waals surface area contributed by atoms with E-state index in [1.165, 1.54) is 5.56 Å². The smallest absolute Gasteiger partial charge is 0.224 e. The van der Waals surface area contributed by atoms with E-state index >= 15 is 0 Å². The van der Waals surface area contributed by atoms with Crippen molar-refractivity contribution in [3.05, 3.63) is 70.8 Å². The average Bonchev–Trinajstić information content (AvgIpc) is 2.95. The number of aromatic nitrogens is 3. The third-order valence-corrected chi connectivity index (χ3v) is 4.43. The van der Waals surface area contributed by atoms with Gasteiger partial charge in [0.25, 0.3) is 0 Å². The Morgan fingerprint density at radius 3 is 2.44 bits per heavy atom. The average molecular weight is 352 g/mol. The maximum Gasteiger partial charge on any atom is 0.224 e. The van der Waals surface area contributed by atoms with Gasteiger partial charge in [-0.3, -0.25) is 9.89 Å². The Bertz CT molecular complexity index is 897. The molecule has 0 bridgehead atoms. The molecule has 0 aliphatic carbocycles. The predicted molar refractivity (Wildman–Crippen MR) is 101 cm³/mol. The highest BCUT2D eigenvalue weighted by Crippen LogP contribution is 2.19. The summed E-state index contributed by atoms with van der Waals surface area (Å²) >= 11 is 5.07. The fraction of sp³-hybridized carbons (Fsp3) is 0.211. The van der Waals surface area contributed by atoms with Crippen LogP contribution in [0, 0.1) is 4.77 Å². The summed E-state index contributed by atoms with van der Waals surface area (Å²) in [6.07, 6.45) is 1.01. The van der Waals surface area contributed by atoms with Crippen molar-refractivity contribution in [2.24, 2.45) is 7.05 Å². The molecule has 1 heterocycles. The number of carbonyl (C=O) groups is 1. The number of benzene rings is 2. The number of rotatable bonds is 6. The zero-order valence-corrected chi connectivity index (χ0v) is 14.8. The molecule has 0 aliphatic rings. The van der Waals surface area contributed by atoms with Gasteiger partial charge in [-0.2, -0.15) is 5.10 Å². The normalized spacial score (nSPS) is 10.6.